The largest absolute Gasteiger partial charge is 0.444 e. The summed E-state index contributed by atoms with van der Waals surface area (Å²) in [4.78, 5) is 13.5. The fourth-order valence-electron chi connectivity index (χ4n) is 2.17. The first kappa shape index (κ1) is 17.2. The zero-order valence-corrected chi connectivity index (χ0v) is 13.1. The summed E-state index contributed by atoms with van der Waals surface area (Å²) >= 11 is 0. The highest BCUT2D eigenvalue weighted by Crippen LogP contribution is 2.16. The van der Waals surface area contributed by atoms with E-state index in [-0.39, 0.29) is 6.09 Å². The standard InChI is InChI=1S/C14H29N3O3/c1-14(2,3)20-13(18)17-8-12(9-17)16-11(10-19-4)6-5-7-15/h11-12,16H,5-10,15H2,1-4H3. The molecule has 20 heavy (non-hydrogen) atoms. The SMILES string of the molecule is COCC(CCCN)NC1CN(C(=O)OC(C)(C)C)C1. The lowest BCUT2D eigenvalue weighted by Gasteiger charge is -2.41. The van der Waals surface area contributed by atoms with Crippen LogP contribution in [0.2, 0.25) is 0 Å². The Morgan fingerprint density at radius 3 is 2.60 bits per heavy atom. The summed E-state index contributed by atoms with van der Waals surface area (Å²) in [6.45, 7) is 8.38. The van der Waals surface area contributed by atoms with Crippen LogP contribution in [0.4, 0.5) is 4.79 Å². The van der Waals surface area contributed by atoms with E-state index >= 15 is 0 Å². The number of nitrogens with one attached hydrogen (secondary N) is 1. The fourth-order valence-corrected chi connectivity index (χ4v) is 2.17. The third kappa shape index (κ3) is 6.07. The van der Waals surface area contributed by atoms with Gasteiger partial charge in [0, 0.05) is 32.3 Å². The van der Waals surface area contributed by atoms with Gasteiger partial charge in [0.25, 0.3) is 0 Å². The lowest BCUT2D eigenvalue weighted by atomic mass is 10.1. The van der Waals surface area contributed by atoms with Crippen molar-refractivity contribution < 1.29 is 14.3 Å². The molecule has 1 rings (SSSR count). The molecule has 0 aliphatic carbocycles. The lowest BCUT2D eigenvalue weighted by Crippen LogP contribution is -2.62. The third-order valence-corrected chi connectivity index (χ3v) is 3.13. The summed E-state index contributed by atoms with van der Waals surface area (Å²) in [5.41, 5.74) is 5.10. The van der Waals surface area contributed by atoms with E-state index in [1.807, 2.05) is 20.8 Å². The molecular formula is C14H29N3O3. The summed E-state index contributed by atoms with van der Waals surface area (Å²) in [5, 5.41) is 3.51. The van der Waals surface area contributed by atoms with E-state index in [0.29, 0.717) is 38.3 Å². The summed E-state index contributed by atoms with van der Waals surface area (Å²) in [6.07, 6.45) is 1.73. The average Bonchev–Trinajstić information content (AvgIpc) is 2.27. The van der Waals surface area contributed by atoms with Crippen molar-refractivity contribution in [2.75, 3.05) is 33.4 Å². The van der Waals surface area contributed by atoms with Gasteiger partial charge in [0.1, 0.15) is 5.60 Å². The van der Waals surface area contributed by atoms with E-state index in [1.165, 1.54) is 0 Å². The minimum atomic E-state index is -0.435. The number of ether oxygens (including phenoxy) is 2. The zero-order valence-electron chi connectivity index (χ0n) is 13.1. The van der Waals surface area contributed by atoms with Gasteiger partial charge in [-0.15, -0.1) is 0 Å². The van der Waals surface area contributed by atoms with Gasteiger partial charge in [-0.1, -0.05) is 0 Å². The van der Waals surface area contributed by atoms with Gasteiger partial charge in [-0.3, -0.25) is 0 Å². The number of methoxy groups -OCH3 is 1. The third-order valence-electron chi connectivity index (χ3n) is 3.13. The van der Waals surface area contributed by atoms with Crippen molar-refractivity contribution in [3.8, 4) is 0 Å². The molecule has 3 N–H and O–H groups in total. The van der Waals surface area contributed by atoms with E-state index in [1.54, 1.807) is 12.0 Å². The number of carbonyl (C=O) groups excluding carboxylic acids is 1. The first-order valence-corrected chi connectivity index (χ1v) is 7.28. The van der Waals surface area contributed by atoms with Gasteiger partial charge in [0.2, 0.25) is 0 Å². The molecule has 1 fully saturated rings. The van der Waals surface area contributed by atoms with Crippen LogP contribution < -0.4 is 11.1 Å². The average molecular weight is 287 g/mol. The minimum absolute atomic E-state index is 0.235. The Kier molecular flexibility index (Phi) is 6.71. The Bertz CT molecular complexity index is 299. The first-order chi connectivity index (χ1) is 9.35. The number of carbonyl (C=O) groups is 1. The summed E-state index contributed by atoms with van der Waals surface area (Å²) in [6, 6.07) is 0.620. The van der Waals surface area contributed by atoms with Gasteiger partial charge < -0.3 is 25.4 Å². The van der Waals surface area contributed by atoms with Crippen molar-refractivity contribution in [2.45, 2.75) is 51.3 Å². The van der Waals surface area contributed by atoms with Gasteiger partial charge in [0.15, 0.2) is 0 Å². The summed E-state index contributed by atoms with van der Waals surface area (Å²) < 4.78 is 10.5. The van der Waals surface area contributed by atoms with Crippen LogP contribution >= 0.6 is 0 Å². The van der Waals surface area contributed by atoms with Crippen LogP contribution in [0.25, 0.3) is 0 Å². The molecule has 6 heteroatoms. The number of hydrogen-bond acceptors (Lipinski definition) is 5. The predicted octanol–water partition coefficient (Wildman–Crippen LogP) is 0.949. The summed E-state index contributed by atoms with van der Waals surface area (Å²) in [7, 11) is 1.70. The molecular weight excluding hydrogens is 258 g/mol. The molecule has 0 bridgehead atoms. The number of nitrogens with zero attached hydrogens (tertiary/aromatic N) is 1. The van der Waals surface area contributed by atoms with Gasteiger partial charge in [-0.05, 0) is 40.2 Å². The molecule has 0 aromatic heterocycles. The maximum absolute atomic E-state index is 11.8. The Morgan fingerprint density at radius 1 is 1.45 bits per heavy atom. The van der Waals surface area contributed by atoms with Crippen molar-refractivity contribution in [3.05, 3.63) is 0 Å². The molecule has 1 saturated heterocycles. The molecule has 0 aromatic carbocycles. The Morgan fingerprint density at radius 2 is 2.10 bits per heavy atom. The Hall–Kier alpha value is -0.850. The van der Waals surface area contributed by atoms with Crippen molar-refractivity contribution >= 4 is 6.09 Å². The van der Waals surface area contributed by atoms with Gasteiger partial charge >= 0.3 is 6.09 Å². The van der Waals surface area contributed by atoms with Crippen LogP contribution in [-0.4, -0.2) is 62.0 Å². The highest BCUT2D eigenvalue weighted by atomic mass is 16.6. The molecule has 0 aromatic rings. The second kappa shape index (κ2) is 7.81. The zero-order chi connectivity index (χ0) is 15.2. The second-order valence-corrected chi connectivity index (χ2v) is 6.33. The smallest absolute Gasteiger partial charge is 0.410 e. The molecule has 6 nitrogen and oxygen atoms in total. The first-order valence-electron chi connectivity index (χ1n) is 7.28. The molecule has 118 valence electrons. The van der Waals surface area contributed by atoms with Gasteiger partial charge in [-0.2, -0.15) is 0 Å². The maximum Gasteiger partial charge on any atom is 0.410 e. The van der Waals surface area contributed by atoms with Crippen molar-refractivity contribution in [3.63, 3.8) is 0 Å². The molecule has 1 aliphatic heterocycles. The molecule has 0 spiro atoms. The van der Waals surface area contributed by atoms with Crippen molar-refractivity contribution in [2.24, 2.45) is 5.73 Å². The molecule has 1 unspecified atom stereocenters. The van der Waals surface area contributed by atoms with E-state index in [2.05, 4.69) is 5.32 Å². The molecule has 1 amide bonds. The normalized spacial score (nSPS) is 17.8. The summed E-state index contributed by atoms with van der Waals surface area (Å²) in [5.74, 6) is 0. The Labute approximate surface area is 122 Å². The monoisotopic (exact) mass is 287 g/mol. The Balaban J connectivity index is 2.27. The van der Waals surface area contributed by atoms with E-state index in [4.69, 9.17) is 15.2 Å². The van der Waals surface area contributed by atoms with Crippen LogP contribution in [-0.2, 0) is 9.47 Å². The maximum atomic E-state index is 11.8. The lowest BCUT2D eigenvalue weighted by molar-refractivity contribution is 0.00270. The molecule has 1 heterocycles. The quantitative estimate of drug-likeness (QED) is 0.729. The van der Waals surface area contributed by atoms with Crippen LogP contribution in [0, 0.1) is 0 Å². The van der Waals surface area contributed by atoms with Crippen molar-refractivity contribution in [1.82, 2.24) is 10.2 Å². The van der Waals surface area contributed by atoms with E-state index < -0.39 is 5.60 Å². The minimum Gasteiger partial charge on any atom is -0.444 e. The van der Waals surface area contributed by atoms with Gasteiger partial charge in [0.05, 0.1) is 6.61 Å². The molecule has 1 aliphatic rings. The highest BCUT2D eigenvalue weighted by Gasteiger charge is 2.34. The van der Waals surface area contributed by atoms with Crippen molar-refractivity contribution in [1.29, 1.82) is 0 Å². The van der Waals surface area contributed by atoms with E-state index in [9.17, 15) is 4.79 Å². The van der Waals surface area contributed by atoms with Crippen LogP contribution in [0.5, 0.6) is 0 Å². The molecule has 0 radical (unpaired) electrons. The second-order valence-electron chi connectivity index (χ2n) is 6.33. The van der Waals surface area contributed by atoms with Crippen LogP contribution in [0.1, 0.15) is 33.6 Å². The van der Waals surface area contributed by atoms with Gasteiger partial charge in [-0.25, -0.2) is 4.79 Å². The highest BCUT2D eigenvalue weighted by molar-refractivity contribution is 5.69. The number of amides is 1. The number of rotatable bonds is 7. The number of nitrogens with two attached hydrogens (primary N) is 1. The molecule has 0 saturated carbocycles. The van der Waals surface area contributed by atoms with Crippen LogP contribution in [0.3, 0.4) is 0 Å². The predicted molar refractivity (Wildman–Crippen MR) is 78.7 cm³/mol. The fraction of sp³-hybridized carbons (Fsp3) is 0.929. The topological polar surface area (TPSA) is 76.8 Å². The molecule has 1 atom stereocenters. The number of likely N-dealkylation sites (tertiary alicyclic amines) is 1. The van der Waals surface area contributed by atoms with E-state index in [0.717, 1.165) is 12.8 Å². The van der Waals surface area contributed by atoms with Crippen LogP contribution in [0.15, 0.2) is 0 Å². The number of hydrogen-bond donors (Lipinski definition) is 2.